The molecule has 0 bridgehead atoms. The van der Waals surface area contributed by atoms with Gasteiger partial charge in [0.05, 0.1) is 0 Å². The Morgan fingerprint density at radius 3 is 2.78 bits per heavy atom. The first-order valence-electron chi connectivity index (χ1n) is 3.28. The highest BCUT2D eigenvalue weighted by Gasteiger charge is 1.97. The zero-order valence-corrected chi connectivity index (χ0v) is 6.66. The van der Waals surface area contributed by atoms with Crippen LogP contribution in [0.15, 0.2) is 0 Å². The van der Waals surface area contributed by atoms with Crippen LogP contribution in [0, 0.1) is 6.42 Å². The molecule has 2 heteroatoms. The largest absolute Gasteiger partial charge is 0.299 e. The van der Waals surface area contributed by atoms with Gasteiger partial charge in [-0.3, -0.25) is 4.79 Å². The number of rotatable bonds is 5. The van der Waals surface area contributed by atoms with Crippen molar-refractivity contribution in [2.45, 2.75) is 26.2 Å². The number of hydrogen-bond acceptors (Lipinski definition) is 2. The molecule has 0 saturated carbocycles. The van der Waals surface area contributed by atoms with Gasteiger partial charge in [0.25, 0.3) is 0 Å². The van der Waals surface area contributed by atoms with Crippen molar-refractivity contribution >= 4 is 18.4 Å². The predicted molar refractivity (Wildman–Crippen MR) is 42.7 cm³/mol. The summed E-state index contributed by atoms with van der Waals surface area (Å²) >= 11 is 3.91. The molecule has 9 heavy (non-hydrogen) atoms. The van der Waals surface area contributed by atoms with Gasteiger partial charge in [-0.2, -0.15) is 12.6 Å². The highest BCUT2D eigenvalue weighted by molar-refractivity contribution is 7.80. The van der Waals surface area contributed by atoms with Crippen molar-refractivity contribution in [1.82, 2.24) is 0 Å². The molecule has 0 aromatic carbocycles. The number of thiol groups is 1. The number of ketones is 1. The normalized spacial score (nSPS) is 9.56. The maximum absolute atomic E-state index is 10.7. The van der Waals surface area contributed by atoms with E-state index in [0.29, 0.717) is 12.2 Å². The van der Waals surface area contributed by atoms with Gasteiger partial charge in [-0.25, -0.2) is 0 Å². The van der Waals surface area contributed by atoms with Gasteiger partial charge in [0.15, 0.2) is 0 Å². The molecule has 0 saturated heterocycles. The number of Topliss-reactive ketones (excluding diaryl/α,β-unsaturated/α-hetero) is 1. The molecule has 0 spiro atoms. The van der Waals surface area contributed by atoms with E-state index in [-0.39, 0.29) is 5.78 Å². The molecular formula is C7H13OS. The molecule has 0 amide bonds. The van der Waals surface area contributed by atoms with Gasteiger partial charge in [0.2, 0.25) is 0 Å². The third-order valence-corrected chi connectivity index (χ3v) is 1.28. The Morgan fingerprint density at radius 2 is 2.33 bits per heavy atom. The third kappa shape index (κ3) is 5.90. The van der Waals surface area contributed by atoms with Crippen LogP contribution in [0.4, 0.5) is 0 Å². The molecule has 0 aliphatic carbocycles. The van der Waals surface area contributed by atoms with Crippen molar-refractivity contribution in [3.8, 4) is 0 Å². The van der Waals surface area contributed by atoms with Crippen LogP contribution in [0.1, 0.15) is 26.2 Å². The first-order valence-corrected chi connectivity index (χ1v) is 3.91. The van der Waals surface area contributed by atoms with Crippen molar-refractivity contribution < 1.29 is 4.79 Å². The summed E-state index contributed by atoms with van der Waals surface area (Å²) in [7, 11) is 0. The first-order chi connectivity index (χ1) is 4.31. The Hall–Kier alpha value is 0.0200. The smallest absolute Gasteiger partial charge is 0.137 e. The maximum atomic E-state index is 10.7. The van der Waals surface area contributed by atoms with Crippen LogP contribution in [-0.2, 0) is 4.79 Å². The lowest BCUT2D eigenvalue weighted by Gasteiger charge is -1.93. The number of carbonyl (C=O) groups excluding carboxylic acids is 1. The van der Waals surface area contributed by atoms with E-state index in [0.717, 1.165) is 12.8 Å². The quantitative estimate of drug-likeness (QED) is 0.584. The van der Waals surface area contributed by atoms with Crippen molar-refractivity contribution in [2.75, 3.05) is 5.75 Å². The van der Waals surface area contributed by atoms with E-state index >= 15 is 0 Å². The van der Waals surface area contributed by atoms with Gasteiger partial charge in [0.1, 0.15) is 5.78 Å². The monoisotopic (exact) mass is 145 g/mol. The number of hydrogen-bond donors (Lipinski definition) is 1. The van der Waals surface area contributed by atoms with Crippen LogP contribution in [-0.4, -0.2) is 11.5 Å². The van der Waals surface area contributed by atoms with Gasteiger partial charge in [-0.15, -0.1) is 0 Å². The lowest BCUT2D eigenvalue weighted by Crippen LogP contribution is -1.98. The Labute approximate surface area is 62.2 Å². The molecule has 0 aliphatic heterocycles. The van der Waals surface area contributed by atoms with Crippen molar-refractivity contribution in [1.29, 1.82) is 0 Å². The highest BCUT2D eigenvalue weighted by Crippen LogP contribution is 1.97. The molecule has 0 aromatic heterocycles. The van der Waals surface area contributed by atoms with Crippen LogP contribution in [0.25, 0.3) is 0 Å². The Morgan fingerprint density at radius 1 is 1.67 bits per heavy atom. The fourth-order valence-electron chi connectivity index (χ4n) is 0.555. The standard InChI is InChI=1S/C7H13OS/c1-2-3-4-7(8)5-6-9/h5,9H,2-4,6H2,1H3. The summed E-state index contributed by atoms with van der Waals surface area (Å²) < 4.78 is 0. The summed E-state index contributed by atoms with van der Waals surface area (Å²) in [5, 5.41) is 0. The van der Waals surface area contributed by atoms with Gasteiger partial charge in [0, 0.05) is 18.6 Å². The molecule has 0 unspecified atom stereocenters. The molecule has 0 aromatic rings. The van der Waals surface area contributed by atoms with E-state index in [4.69, 9.17) is 0 Å². The van der Waals surface area contributed by atoms with E-state index < -0.39 is 0 Å². The molecule has 0 atom stereocenters. The summed E-state index contributed by atoms with van der Waals surface area (Å²) in [5.41, 5.74) is 0. The number of unbranched alkanes of at least 4 members (excludes halogenated alkanes) is 1. The predicted octanol–water partition coefficient (Wildman–Crippen LogP) is 1.88. The molecular weight excluding hydrogens is 132 g/mol. The lowest BCUT2D eigenvalue weighted by molar-refractivity contribution is -0.115. The fraction of sp³-hybridized carbons (Fsp3) is 0.714. The van der Waals surface area contributed by atoms with Crippen molar-refractivity contribution in [2.24, 2.45) is 0 Å². The van der Waals surface area contributed by atoms with Gasteiger partial charge < -0.3 is 0 Å². The SMILES string of the molecule is CCCCC(=O)[CH]CS. The third-order valence-electron chi connectivity index (χ3n) is 1.10. The molecule has 1 radical (unpaired) electrons. The Bertz CT molecular complexity index is 81.0. The molecule has 0 N–H and O–H groups in total. The fourth-order valence-corrected chi connectivity index (χ4v) is 0.759. The molecule has 0 heterocycles. The van der Waals surface area contributed by atoms with E-state index in [2.05, 4.69) is 19.6 Å². The highest BCUT2D eigenvalue weighted by atomic mass is 32.1. The van der Waals surface area contributed by atoms with E-state index in [1.807, 2.05) is 0 Å². The van der Waals surface area contributed by atoms with Crippen LogP contribution in [0.5, 0.6) is 0 Å². The number of carbonyl (C=O) groups is 1. The minimum Gasteiger partial charge on any atom is -0.299 e. The second kappa shape index (κ2) is 6.14. The zero-order valence-electron chi connectivity index (χ0n) is 5.76. The second-order valence-corrected chi connectivity index (χ2v) is 2.32. The summed E-state index contributed by atoms with van der Waals surface area (Å²) in [4.78, 5) is 10.7. The average Bonchev–Trinajstić information content (AvgIpc) is 1.85. The van der Waals surface area contributed by atoms with Crippen molar-refractivity contribution in [3.05, 3.63) is 6.42 Å². The van der Waals surface area contributed by atoms with Crippen molar-refractivity contribution in [3.63, 3.8) is 0 Å². The Kier molecular flexibility index (Phi) is 6.16. The Balaban J connectivity index is 3.06. The van der Waals surface area contributed by atoms with E-state index in [1.54, 1.807) is 6.42 Å². The van der Waals surface area contributed by atoms with Gasteiger partial charge >= 0.3 is 0 Å². The minimum absolute atomic E-state index is 0.229. The summed E-state index contributed by atoms with van der Waals surface area (Å²) in [5.74, 6) is 0.801. The first kappa shape index (κ1) is 9.02. The van der Waals surface area contributed by atoms with E-state index in [9.17, 15) is 4.79 Å². The average molecular weight is 145 g/mol. The van der Waals surface area contributed by atoms with Gasteiger partial charge in [-0.1, -0.05) is 13.3 Å². The molecule has 0 fully saturated rings. The molecule has 0 aliphatic rings. The summed E-state index contributed by atoms with van der Waals surface area (Å²) in [6, 6.07) is 0. The maximum Gasteiger partial charge on any atom is 0.137 e. The topological polar surface area (TPSA) is 17.1 Å². The van der Waals surface area contributed by atoms with Crippen LogP contribution in [0.2, 0.25) is 0 Å². The van der Waals surface area contributed by atoms with Crippen LogP contribution < -0.4 is 0 Å². The zero-order chi connectivity index (χ0) is 7.11. The van der Waals surface area contributed by atoms with Crippen LogP contribution >= 0.6 is 12.6 Å². The lowest BCUT2D eigenvalue weighted by atomic mass is 10.1. The second-order valence-electron chi connectivity index (χ2n) is 1.96. The van der Waals surface area contributed by atoms with Gasteiger partial charge in [-0.05, 0) is 6.42 Å². The van der Waals surface area contributed by atoms with E-state index in [1.165, 1.54) is 0 Å². The minimum atomic E-state index is 0.229. The molecule has 53 valence electrons. The molecule has 1 nitrogen and oxygen atoms in total. The summed E-state index contributed by atoms with van der Waals surface area (Å²) in [6.07, 6.45) is 4.41. The van der Waals surface area contributed by atoms with Crippen LogP contribution in [0.3, 0.4) is 0 Å². The summed E-state index contributed by atoms with van der Waals surface area (Å²) in [6.45, 7) is 2.08. The molecule has 0 rings (SSSR count).